The number of sulfone groups is 1. The van der Waals surface area contributed by atoms with E-state index in [1.165, 1.54) is 6.07 Å². The molecule has 110 valence electrons. The minimum atomic E-state index is -3.42. The van der Waals surface area contributed by atoms with Gasteiger partial charge in [-0.3, -0.25) is 4.79 Å². The van der Waals surface area contributed by atoms with Crippen LogP contribution in [0.15, 0.2) is 23.1 Å². The molecule has 1 aromatic carbocycles. The summed E-state index contributed by atoms with van der Waals surface area (Å²) >= 11 is 0. The number of nitrogens with one attached hydrogen (secondary N) is 1. The molecule has 1 saturated carbocycles. The molecule has 0 aliphatic heterocycles. The first kappa shape index (κ1) is 15.0. The Hall–Kier alpha value is -1.43. The summed E-state index contributed by atoms with van der Waals surface area (Å²) in [6, 6.07) is 3.41. The third kappa shape index (κ3) is 3.79. The largest absolute Gasteiger partial charge is 0.324 e. The molecule has 1 aliphatic carbocycles. The number of hydrogen-bond donors (Lipinski definition) is 1. The fourth-order valence-electron chi connectivity index (χ4n) is 2.51. The molecule has 2 rings (SSSR count). The fourth-order valence-corrected chi connectivity index (χ4v) is 3.16. The standard InChI is InChI=1S/C14H18FNO3S/c1-20(18,19)11-6-7-12(15)13(9-11)16-14(17)8-10-4-2-3-5-10/h6-7,9-10H,2-5,8H2,1H3,(H,16,17). The number of halogens is 1. The molecular formula is C14H18FNO3S. The normalized spacial score (nSPS) is 16.3. The maximum atomic E-state index is 13.6. The van der Waals surface area contributed by atoms with Crippen molar-refractivity contribution in [3.8, 4) is 0 Å². The van der Waals surface area contributed by atoms with Crippen LogP contribution in [0.4, 0.5) is 10.1 Å². The summed E-state index contributed by atoms with van der Waals surface area (Å²) in [5.74, 6) is -0.533. The lowest BCUT2D eigenvalue weighted by Crippen LogP contribution is -2.16. The van der Waals surface area contributed by atoms with Crippen molar-refractivity contribution in [1.82, 2.24) is 0 Å². The van der Waals surface area contributed by atoms with Crippen molar-refractivity contribution < 1.29 is 17.6 Å². The molecule has 20 heavy (non-hydrogen) atoms. The van der Waals surface area contributed by atoms with Gasteiger partial charge in [0.05, 0.1) is 10.6 Å². The van der Waals surface area contributed by atoms with E-state index < -0.39 is 15.7 Å². The van der Waals surface area contributed by atoms with Gasteiger partial charge in [0, 0.05) is 12.7 Å². The monoisotopic (exact) mass is 299 g/mol. The Morgan fingerprint density at radius 1 is 1.35 bits per heavy atom. The molecule has 0 unspecified atom stereocenters. The van der Waals surface area contributed by atoms with Gasteiger partial charge in [0.1, 0.15) is 5.82 Å². The molecule has 0 spiro atoms. The van der Waals surface area contributed by atoms with Gasteiger partial charge < -0.3 is 5.32 Å². The van der Waals surface area contributed by atoms with Gasteiger partial charge in [-0.1, -0.05) is 12.8 Å². The Labute approximate surface area is 118 Å². The Morgan fingerprint density at radius 2 is 2.00 bits per heavy atom. The summed E-state index contributed by atoms with van der Waals surface area (Å²) in [5, 5.41) is 2.47. The summed E-state index contributed by atoms with van der Waals surface area (Å²) in [6.45, 7) is 0. The van der Waals surface area contributed by atoms with E-state index in [4.69, 9.17) is 0 Å². The van der Waals surface area contributed by atoms with Crippen molar-refractivity contribution in [2.24, 2.45) is 5.92 Å². The highest BCUT2D eigenvalue weighted by atomic mass is 32.2. The average molecular weight is 299 g/mol. The lowest BCUT2D eigenvalue weighted by Gasteiger charge is -2.11. The first-order chi connectivity index (χ1) is 9.36. The van der Waals surface area contributed by atoms with Crippen LogP contribution in [0.1, 0.15) is 32.1 Å². The SMILES string of the molecule is CS(=O)(=O)c1ccc(F)c(NC(=O)CC2CCCC2)c1. The smallest absolute Gasteiger partial charge is 0.224 e. The number of amides is 1. The topological polar surface area (TPSA) is 63.2 Å². The lowest BCUT2D eigenvalue weighted by molar-refractivity contribution is -0.117. The van der Waals surface area contributed by atoms with Crippen LogP contribution in [0, 0.1) is 11.7 Å². The van der Waals surface area contributed by atoms with E-state index in [0.29, 0.717) is 12.3 Å². The highest BCUT2D eigenvalue weighted by molar-refractivity contribution is 7.90. The number of rotatable bonds is 4. The predicted octanol–water partition coefficient (Wildman–Crippen LogP) is 2.75. The second-order valence-electron chi connectivity index (χ2n) is 5.32. The van der Waals surface area contributed by atoms with Crippen molar-refractivity contribution in [2.75, 3.05) is 11.6 Å². The van der Waals surface area contributed by atoms with Crippen LogP contribution in [0.25, 0.3) is 0 Å². The summed E-state index contributed by atoms with van der Waals surface area (Å²) in [4.78, 5) is 11.8. The quantitative estimate of drug-likeness (QED) is 0.870. The Bertz CT molecular complexity index is 607. The summed E-state index contributed by atoms with van der Waals surface area (Å²) < 4.78 is 36.5. The van der Waals surface area contributed by atoms with Crippen LogP contribution in [0.5, 0.6) is 0 Å². The van der Waals surface area contributed by atoms with Crippen LogP contribution in [0.3, 0.4) is 0 Å². The Balaban J connectivity index is 2.09. The van der Waals surface area contributed by atoms with Crippen LogP contribution >= 0.6 is 0 Å². The molecule has 4 nitrogen and oxygen atoms in total. The minimum absolute atomic E-state index is 0.00457. The molecule has 6 heteroatoms. The Kier molecular flexibility index (Phi) is 4.42. The van der Waals surface area contributed by atoms with Gasteiger partial charge in [0.25, 0.3) is 0 Å². The van der Waals surface area contributed by atoms with Crippen LogP contribution in [-0.2, 0) is 14.6 Å². The molecule has 1 N–H and O–H groups in total. The van der Waals surface area contributed by atoms with E-state index in [1.54, 1.807) is 0 Å². The molecule has 1 aromatic rings. The van der Waals surface area contributed by atoms with E-state index >= 15 is 0 Å². The molecular weight excluding hydrogens is 281 g/mol. The lowest BCUT2D eigenvalue weighted by atomic mass is 10.0. The Morgan fingerprint density at radius 3 is 2.60 bits per heavy atom. The van der Waals surface area contributed by atoms with Gasteiger partial charge in [-0.15, -0.1) is 0 Å². The molecule has 0 saturated heterocycles. The number of carbonyl (C=O) groups is 1. The molecule has 0 aromatic heterocycles. The average Bonchev–Trinajstić information content (AvgIpc) is 2.83. The van der Waals surface area contributed by atoms with Gasteiger partial charge in [0.15, 0.2) is 9.84 Å². The van der Waals surface area contributed by atoms with Crippen LogP contribution < -0.4 is 5.32 Å². The van der Waals surface area contributed by atoms with Crippen molar-refractivity contribution in [2.45, 2.75) is 37.0 Å². The van der Waals surface area contributed by atoms with Crippen molar-refractivity contribution in [3.63, 3.8) is 0 Å². The zero-order chi connectivity index (χ0) is 14.8. The fraction of sp³-hybridized carbons (Fsp3) is 0.500. The van der Waals surface area contributed by atoms with Gasteiger partial charge in [-0.2, -0.15) is 0 Å². The van der Waals surface area contributed by atoms with Gasteiger partial charge in [-0.05, 0) is 37.0 Å². The summed E-state index contributed by atoms with van der Waals surface area (Å²) in [6.07, 6.45) is 5.73. The van der Waals surface area contributed by atoms with E-state index in [1.807, 2.05) is 0 Å². The third-order valence-electron chi connectivity index (χ3n) is 3.59. The van der Waals surface area contributed by atoms with Crippen molar-refractivity contribution in [3.05, 3.63) is 24.0 Å². The second kappa shape index (κ2) is 5.91. The van der Waals surface area contributed by atoms with Crippen LogP contribution in [0.2, 0.25) is 0 Å². The maximum absolute atomic E-state index is 13.6. The number of anilines is 1. The molecule has 0 radical (unpaired) electrons. The first-order valence-electron chi connectivity index (χ1n) is 6.66. The molecule has 1 aliphatic rings. The van der Waals surface area contributed by atoms with E-state index in [2.05, 4.69) is 5.32 Å². The molecule has 1 fully saturated rings. The molecule has 0 atom stereocenters. The van der Waals surface area contributed by atoms with E-state index in [9.17, 15) is 17.6 Å². The predicted molar refractivity (Wildman–Crippen MR) is 74.7 cm³/mol. The highest BCUT2D eigenvalue weighted by Crippen LogP contribution is 2.28. The molecule has 0 heterocycles. The maximum Gasteiger partial charge on any atom is 0.224 e. The first-order valence-corrected chi connectivity index (χ1v) is 8.55. The highest BCUT2D eigenvalue weighted by Gasteiger charge is 2.19. The van der Waals surface area contributed by atoms with Gasteiger partial charge >= 0.3 is 0 Å². The zero-order valence-electron chi connectivity index (χ0n) is 11.4. The summed E-state index contributed by atoms with van der Waals surface area (Å²) in [7, 11) is -3.42. The number of benzene rings is 1. The van der Waals surface area contributed by atoms with E-state index in [0.717, 1.165) is 44.1 Å². The third-order valence-corrected chi connectivity index (χ3v) is 4.70. The van der Waals surface area contributed by atoms with Crippen molar-refractivity contribution >= 4 is 21.4 Å². The van der Waals surface area contributed by atoms with Gasteiger partial charge in [-0.25, -0.2) is 12.8 Å². The van der Waals surface area contributed by atoms with Crippen molar-refractivity contribution in [1.29, 1.82) is 0 Å². The van der Waals surface area contributed by atoms with Gasteiger partial charge in [0.2, 0.25) is 5.91 Å². The number of hydrogen-bond acceptors (Lipinski definition) is 3. The second-order valence-corrected chi connectivity index (χ2v) is 7.33. The minimum Gasteiger partial charge on any atom is -0.324 e. The number of carbonyl (C=O) groups excluding carboxylic acids is 1. The van der Waals surface area contributed by atoms with E-state index in [-0.39, 0.29) is 16.5 Å². The molecule has 1 amide bonds. The molecule has 0 bridgehead atoms. The zero-order valence-corrected chi connectivity index (χ0v) is 12.2. The van der Waals surface area contributed by atoms with Crippen LogP contribution in [-0.4, -0.2) is 20.6 Å². The summed E-state index contributed by atoms with van der Waals surface area (Å²) in [5.41, 5.74) is -0.0732.